The zero-order valence-corrected chi connectivity index (χ0v) is 9.77. The minimum absolute atomic E-state index is 0.698. The Kier molecular flexibility index (Phi) is 2.18. The average molecular weight is 275 g/mol. The third kappa shape index (κ3) is 1.49. The largest absolute Gasteiger partial charge is 0.273 e. The Morgan fingerprint density at radius 1 is 1.19 bits per heavy atom. The number of rotatable bonds is 1. The van der Waals surface area contributed by atoms with Crippen LogP contribution in [0, 0.1) is 0 Å². The third-order valence-corrected chi connectivity index (χ3v) is 2.73. The summed E-state index contributed by atoms with van der Waals surface area (Å²) >= 11 is 3.40. The highest BCUT2D eigenvalue weighted by Gasteiger charge is 2.09. The van der Waals surface area contributed by atoms with E-state index in [1.165, 1.54) is 0 Å². The van der Waals surface area contributed by atoms with Gasteiger partial charge in [-0.1, -0.05) is 6.07 Å². The third-order valence-electron chi connectivity index (χ3n) is 2.30. The van der Waals surface area contributed by atoms with Gasteiger partial charge in [0, 0.05) is 22.3 Å². The van der Waals surface area contributed by atoms with E-state index in [1.807, 2.05) is 24.3 Å². The molecule has 0 unspecified atom stereocenters. The standard InChI is InChI=1S/C11H7BrN4/c12-7-5-8-10(9-3-1-2-4-13-9)15-16-11(8)14-6-7/h1-6H,(H,14,15,16). The van der Waals surface area contributed by atoms with Gasteiger partial charge in [0.15, 0.2) is 5.65 Å². The Morgan fingerprint density at radius 3 is 2.94 bits per heavy atom. The maximum Gasteiger partial charge on any atom is 0.181 e. The normalized spacial score (nSPS) is 10.8. The van der Waals surface area contributed by atoms with E-state index in [1.54, 1.807) is 12.4 Å². The smallest absolute Gasteiger partial charge is 0.181 e. The molecule has 16 heavy (non-hydrogen) atoms. The Hall–Kier alpha value is -1.75. The first-order valence-electron chi connectivity index (χ1n) is 4.75. The number of pyridine rings is 2. The molecule has 3 aromatic rings. The fraction of sp³-hybridized carbons (Fsp3) is 0. The predicted molar refractivity (Wildman–Crippen MR) is 64.8 cm³/mol. The molecular formula is C11H7BrN4. The summed E-state index contributed by atoms with van der Waals surface area (Å²) in [6.07, 6.45) is 3.48. The zero-order valence-electron chi connectivity index (χ0n) is 8.18. The van der Waals surface area contributed by atoms with Crippen LogP contribution in [0.25, 0.3) is 22.4 Å². The lowest BCUT2D eigenvalue weighted by molar-refractivity contribution is 1.09. The van der Waals surface area contributed by atoms with Crippen LogP contribution in [0.5, 0.6) is 0 Å². The predicted octanol–water partition coefficient (Wildman–Crippen LogP) is 2.78. The minimum atomic E-state index is 0.698. The van der Waals surface area contributed by atoms with Crippen LogP contribution in [-0.4, -0.2) is 20.2 Å². The Morgan fingerprint density at radius 2 is 2.12 bits per heavy atom. The SMILES string of the molecule is Brc1cnc2n[nH]c(-c3ccccn3)c2c1. The first-order chi connectivity index (χ1) is 7.84. The van der Waals surface area contributed by atoms with Crippen LogP contribution in [-0.2, 0) is 0 Å². The highest BCUT2D eigenvalue weighted by atomic mass is 79.9. The summed E-state index contributed by atoms with van der Waals surface area (Å²) in [7, 11) is 0. The van der Waals surface area contributed by atoms with E-state index in [4.69, 9.17) is 0 Å². The number of aromatic nitrogens is 4. The van der Waals surface area contributed by atoms with Crippen LogP contribution >= 0.6 is 15.9 Å². The quantitative estimate of drug-likeness (QED) is 0.743. The number of nitrogens with one attached hydrogen (secondary N) is 1. The summed E-state index contributed by atoms with van der Waals surface area (Å²) in [5.41, 5.74) is 2.46. The van der Waals surface area contributed by atoms with Crippen molar-refractivity contribution >= 4 is 27.0 Å². The van der Waals surface area contributed by atoms with Gasteiger partial charge in [0.1, 0.15) is 0 Å². The molecule has 78 valence electrons. The van der Waals surface area contributed by atoms with Gasteiger partial charge in [-0.05, 0) is 34.1 Å². The van der Waals surface area contributed by atoms with E-state index >= 15 is 0 Å². The van der Waals surface area contributed by atoms with Gasteiger partial charge >= 0.3 is 0 Å². The molecule has 3 rings (SSSR count). The first-order valence-corrected chi connectivity index (χ1v) is 5.55. The summed E-state index contributed by atoms with van der Waals surface area (Å²) in [5, 5.41) is 8.07. The molecule has 1 N–H and O–H groups in total. The van der Waals surface area contributed by atoms with Crippen LogP contribution in [0.1, 0.15) is 0 Å². The van der Waals surface area contributed by atoms with Gasteiger partial charge in [0.05, 0.1) is 11.4 Å². The molecule has 0 atom stereocenters. The molecule has 0 spiro atoms. The number of hydrogen-bond donors (Lipinski definition) is 1. The molecule has 5 heteroatoms. The monoisotopic (exact) mass is 274 g/mol. The number of nitrogens with zero attached hydrogens (tertiary/aromatic N) is 3. The second-order valence-electron chi connectivity index (χ2n) is 3.34. The van der Waals surface area contributed by atoms with Gasteiger partial charge in [-0.3, -0.25) is 10.1 Å². The first kappa shape index (κ1) is 9.47. The molecule has 0 saturated heterocycles. The Balaban J connectivity index is 2.29. The van der Waals surface area contributed by atoms with Crippen molar-refractivity contribution in [2.45, 2.75) is 0 Å². The summed E-state index contributed by atoms with van der Waals surface area (Å²) in [6, 6.07) is 7.75. The molecule has 0 bridgehead atoms. The average Bonchev–Trinajstić information content (AvgIpc) is 2.73. The number of halogens is 1. The lowest BCUT2D eigenvalue weighted by atomic mass is 10.2. The van der Waals surface area contributed by atoms with E-state index in [0.29, 0.717) is 5.65 Å². The zero-order chi connectivity index (χ0) is 11.0. The minimum Gasteiger partial charge on any atom is -0.273 e. The maximum absolute atomic E-state index is 4.29. The fourth-order valence-corrected chi connectivity index (χ4v) is 1.91. The highest BCUT2D eigenvalue weighted by Crippen LogP contribution is 2.25. The molecule has 3 aromatic heterocycles. The summed E-state index contributed by atoms with van der Waals surface area (Å²) in [6.45, 7) is 0. The van der Waals surface area contributed by atoms with Crippen molar-refractivity contribution in [1.29, 1.82) is 0 Å². The molecule has 0 aromatic carbocycles. The summed E-state index contributed by atoms with van der Waals surface area (Å²) < 4.78 is 0.929. The van der Waals surface area contributed by atoms with Crippen molar-refractivity contribution in [2.75, 3.05) is 0 Å². The van der Waals surface area contributed by atoms with Crippen molar-refractivity contribution in [3.8, 4) is 11.4 Å². The molecule has 0 aliphatic heterocycles. The highest BCUT2D eigenvalue weighted by molar-refractivity contribution is 9.10. The van der Waals surface area contributed by atoms with Gasteiger partial charge in [-0.2, -0.15) is 5.10 Å². The fourth-order valence-electron chi connectivity index (χ4n) is 1.58. The number of fused-ring (bicyclic) bond motifs is 1. The maximum atomic E-state index is 4.29. The number of hydrogen-bond acceptors (Lipinski definition) is 3. The van der Waals surface area contributed by atoms with Gasteiger partial charge in [0.2, 0.25) is 0 Å². The van der Waals surface area contributed by atoms with Crippen LogP contribution < -0.4 is 0 Å². The second-order valence-corrected chi connectivity index (χ2v) is 4.25. The van der Waals surface area contributed by atoms with Gasteiger partial charge in [-0.25, -0.2) is 4.98 Å². The van der Waals surface area contributed by atoms with Gasteiger partial charge < -0.3 is 0 Å². The van der Waals surface area contributed by atoms with E-state index in [0.717, 1.165) is 21.2 Å². The van der Waals surface area contributed by atoms with E-state index in [9.17, 15) is 0 Å². The summed E-state index contributed by atoms with van der Waals surface area (Å²) in [5.74, 6) is 0. The molecule has 0 fully saturated rings. The Labute approximate surface area is 99.9 Å². The lowest BCUT2D eigenvalue weighted by Gasteiger charge is -1.96. The Bertz CT molecular complexity index is 633. The van der Waals surface area contributed by atoms with Crippen LogP contribution in [0.15, 0.2) is 41.1 Å². The molecular weight excluding hydrogens is 268 g/mol. The number of H-pyrrole nitrogens is 1. The second kappa shape index (κ2) is 3.68. The van der Waals surface area contributed by atoms with Crippen molar-refractivity contribution in [3.05, 3.63) is 41.1 Å². The molecule has 0 amide bonds. The van der Waals surface area contributed by atoms with Crippen LogP contribution in [0.3, 0.4) is 0 Å². The van der Waals surface area contributed by atoms with Crippen molar-refractivity contribution in [1.82, 2.24) is 20.2 Å². The summed E-state index contributed by atoms with van der Waals surface area (Å²) in [4.78, 5) is 8.50. The van der Waals surface area contributed by atoms with Gasteiger partial charge in [-0.15, -0.1) is 0 Å². The topological polar surface area (TPSA) is 54.5 Å². The van der Waals surface area contributed by atoms with Crippen LogP contribution in [0.2, 0.25) is 0 Å². The van der Waals surface area contributed by atoms with Crippen molar-refractivity contribution in [2.24, 2.45) is 0 Å². The number of aromatic amines is 1. The van der Waals surface area contributed by atoms with E-state index in [2.05, 4.69) is 36.1 Å². The van der Waals surface area contributed by atoms with Crippen LogP contribution in [0.4, 0.5) is 0 Å². The molecule has 0 aliphatic carbocycles. The molecule has 3 heterocycles. The van der Waals surface area contributed by atoms with Gasteiger partial charge in [0.25, 0.3) is 0 Å². The molecule has 0 saturated carbocycles. The van der Waals surface area contributed by atoms with E-state index in [-0.39, 0.29) is 0 Å². The molecule has 4 nitrogen and oxygen atoms in total. The molecule has 0 aliphatic rings. The molecule has 0 radical (unpaired) electrons. The van der Waals surface area contributed by atoms with Crippen molar-refractivity contribution < 1.29 is 0 Å². The van der Waals surface area contributed by atoms with Crippen molar-refractivity contribution in [3.63, 3.8) is 0 Å². The van der Waals surface area contributed by atoms with E-state index < -0.39 is 0 Å². The lowest BCUT2D eigenvalue weighted by Crippen LogP contribution is -1.82.